The molecule has 0 radical (unpaired) electrons. The molecule has 296 valence electrons. The second-order valence-electron chi connectivity index (χ2n) is 17.2. The summed E-state index contributed by atoms with van der Waals surface area (Å²) in [6.45, 7) is 28.7. The van der Waals surface area contributed by atoms with Crippen LogP contribution in [0.1, 0.15) is 73.6 Å². The predicted octanol–water partition coefficient (Wildman–Crippen LogP) is 1.28. The molecule has 3 saturated heterocycles. The monoisotopic (exact) mass is 723 g/mol. The van der Waals surface area contributed by atoms with Gasteiger partial charge in [-0.25, -0.2) is 0 Å². The Morgan fingerprint density at radius 1 is 0.686 bits per heavy atom. The summed E-state index contributed by atoms with van der Waals surface area (Å²) in [5.74, 6) is -0.843. The zero-order valence-corrected chi connectivity index (χ0v) is 33.1. The minimum absolute atomic E-state index is 0.0806. The molecule has 2 bridgehead atoms. The summed E-state index contributed by atoms with van der Waals surface area (Å²) in [6.07, 6.45) is 3.38. The van der Waals surface area contributed by atoms with Crippen LogP contribution in [0, 0.1) is 10.8 Å². The molecule has 13 nitrogen and oxygen atoms in total. The molecule has 0 aromatic rings. The lowest BCUT2D eigenvalue weighted by Crippen LogP contribution is -2.52. The van der Waals surface area contributed by atoms with E-state index in [0.29, 0.717) is 25.9 Å². The van der Waals surface area contributed by atoms with Crippen molar-refractivity contribution in [1.29, 1.82) is 0 Å². The maximum Gasteiger partial charge on any atom is 0.323 e. The first kappa shape index (κ1) is 43.7. The van der Waals surface area contributed by atoms with E-state index in [-0.39, 0.29) is 29.8 Å². The number of hydrogen-bond donors (Lipinski definition) is 4. The van der Waals surface area contributed by atoms with E-state index in [1.165, 1.54) is 0 Å². The van der Waals surface area contributed by atoms with E-state index in [0.717, 1.165) is 131 Å². The third kappa shape index (κ3) is 18.3. The lowest BCUT2D eigenvalue weighted by molar-refractivity contribution is -0.156. The molecule has 4 unspecified atom stereocenters. The van der Waals surface area contributed by atoms with Crippen molar-refractivity contribution in [3.63, 3.8) is 0 Å². The normalized spacial score (nSPS) is 26.4. The smallest absolute Gasteiger partial charge is 0.323 e. The van der Waals surface area contributed by atoms with Crippen molar-refractivity contribution in [2.45, 2.75) is 85.8 Å². The summed E-state index contributed by atoms with van der Waals surface area (Å²) in [7, 11) is 0. The van der Waals surface area contributed by atoms with Crippen LogP contribution >= 0.6 is 0 Å². The van der Waals surface area contributed by atoms with Crippen LogP contribution in [0.15, 0.2) is 0 Å². The molecule has 0 aromatic heterocycles. The van der Waals surface area contributed by atoms with Crippen molar-refractivity contribution in [3.05, 3.63) is 0 Å². The van der Waals surface area contributed by atoms with E-state index in [4.69, 9.17) is 4.74 Å². The third-order valence-electron chi connectivity index (χ3n) is 10.2. The molecule has 0 spiro atoms. The van der Waals surface area contributed by atoms with Gasteiger partial charge in [0, 0.05) is 110 Å². The van der Waals surface area contributed by atoms with Crippen molar-refractivity contribution in [2.75, 3.05) is 131 Å². The van der Waals surface area contributed by atoms with E-state index >= 15 is 0 Å². The van der Waals surface area contributed by atoms with Crippen LogP contribution in [0.3, 0.4) is 0 Å². The van der Waals surface area contributed by atoms with Crippen LogP contribution in [-0.2, 0) is 19.1 Å². The number of hydrogen-bond acceptors (Lipinski definition) is 12. The molecule has 0 amide bonds. The van der Waals surface area contributed by atoms with Gasteiger partial charge in [-0.05, 0) is 57.3 Å². The molecule has 51 heavy (non-hydrogen) atoms. The standard InChI is InChI=1S/C38H74N8O5/c1-37(2,3)31-45-16-7-12-39-13-14-40-28-32(29-41-15-21-45)51-36(50)33(10-11-34(47)38(4,5)6)46-20-9-18-42-22-23-43(26-27-46)17-8-19-44(25-24-42)30-35(48)49/h32-33,39-41H,7-31H2,1-6H3,(H,48,49). The number of carboxylic acid groups (broad SMARTS) is 1. The molecule has 4 N–H and O–H groups in total. The van der Waals surface area contributed by atoms with Gasteiger partial charge in [0.15, 0.2) is 0 Å². The number of ketones is 1. The number of carboxylic acids is 1. The molecular formula is C38H74N8O5. The fraction of sp³-hybridized carbons (Fsp3) is 0.921. The second kappa shape index (κ2) is 22.5. The fourth-order valence-corrected chi connectivity index (χ4v) is 7.33. The maximum absolute atomic E-state index is 14.3. The minimum Gasteiger partial charge on any atom is -0.480 e. The maximum atomic E-state index is 14.3. The Kier molecular flexibility index (Phi) is 19.3. The van der Waals surface area contributed by atoms with Crippen molar-refractivity contribution < 1.29 is 24.2 Å². The van der Waals surface area contributed by atoms with Crippen LogP contribution in [0.4, 0.5) is 0 Å². The van der Waals surface area contributed by atoms with Crippen molar-refractivity contribution in [3.8, 4) is 0 Å². The zero-order chi connectivity index (χ0) is 37.3. The molecule has 3 rings (SSSR count). The van der Waals surface area contributed by atoms with Gasteiger partial charge >= 0.3 is 11.9 Å². The van der Waals surface area contributed by atoms with Gasteiger partial charge in [0.25, 0.3) is 0 Å². The number of fused-ring (bicyclic) bond motifs is 3. The zero-order valence-electron chi connectivity index (χ0n) is 33.1. The molecule has 3 heterocycles. The van der Waals surface area contributed by atoms with Crippen molar-refractivity contribution in [1.82, 2.24) is 40.4 Å². The Labute approximate surface area is 309 Å². The molecule has 4 atom stereocenters. The van der Waals surface area contributed by atoms with Gasteiger partial charge in [0.05, 0.1) is 6.54 Å². The second-order valence-corrected chi connectivity index (χ2v) is 17.2. The van der Waals surface area contributed by atoms with Gasteiger partial charge in [-0.15, -0.1) is 0 Å². The van der Waals surface area contributed by atoms with E-state index in [1.54, 1.807) is 0 Å². The molecule has 0 aromatic carbocycles. The molecular weight excluding hydrogens is 648 g/mol. The van der Waals surface area contributed by atoms with Gasteiger partial charge in [-0.3, -0.25) is 24.2 Å². The quantitative estimate of drug-likeness (QED) is 0.255. The number of nitrogens with zero attached hydrogens (tertiary/aromatic N) is 5. The lowest BCUT2D eigenvalue weighted by Gasteiger charge is -2.38. The number of carbonyl (C=O) groups excluding carboxylic acids is 2. The Hall–Kier alpha value is -1.71. The summed E-state index contributed by atoms with van der Waals surface area (Å²) >= 11 is 0. The summed E-state index contributed by atoms with van der Waals surface area (Å²) in [5.41, 5.74) is -0.240. The highest BCUT2D eigenvalue weighted by atomic mass is 16.5. The lowest BCUT2D eigenvalue weighted by atomic mass is 9.87. The number of esters is 1. The Bertz CT molecular complexity index is 1030. The predicted molar refractivity (Wildman–Crippen MR) is 204 cm³/mol. The highest BCUT2D eigenvalue weighted by Gasteiger charge is 2.32. The van der Waals surface area contributed by atoms with Gasteiger partial charge in [0.1, 0.15) is 17.9 Å². The summed E-state index contributed by atoms with van der Waals surface area (Å²) in [5, 5.41) is 20.1. The summed E-state index contributed by atoms with van der Waals surface area (Å²) in [6, 6.07) is -0.498. The van der Waals surface area contributed by atoms with Gasteiger partial charge in [-0.2, -0.15) is 0 Å². The minimum atomic E-state index is -0.774. The Morgan fingerprint density at radius 3 is 1.96 bits per heavy atom. The average molecular weight is 723 g/mol. The summed E-state index contributed by atoms with van der Waals surface area (Å²) < 4.78 is 6.38. The average Bonchev–Trinajstić information content (AvgIpc) is 3.04. The largest absolute Gasteiger partial charge is 0.480 e. The molecule has 0 aliphatic carbocycles. The van der Waals surface area contributed by atoms with Crippen LogP contribution in [0.5, 0.6) is 0 Å². The molecule has 3 aliphatic rings. The number of carbonyl (C=O) groups is 3. The number of nitrogens with one attached hydrogen (secondary N) is 3. The van der Waals surface area contributed by atoms with E-state index < -0.39 is 17.4 Å². The van der Waals surface area contributed by atoms with Crippen LogP contribution in [0.2, 0.25) is 0 Å². The van der Waals surface area contributed by atoms with Crippen molar-refractivity contribution >= 4 is 17.7 Å². The van der Waals surface area contributed by atoms with Crippen LogP contribution in [0.25, 0.3) is 0 Å². The highest BCUT2D eigenvalue weighted by molar-refractivity contribution is 5.84. The summed E-state index contributed by atoms with van der Waals surface area (Å²) in [4.78, 5) is 50.7. The van der Waals surface area contributed by atoms with E-state index in [1.807, 2.05) is 20.8 Å². The molecule has 3 fully saturated rings. The topological polar surface area (TPSA) is 133 Å². The number of rotatable bonds is 9. The van der Waals surface area contributed by atoms with E-state index in [9.17, 15) is 19.5 Å². The molecule has 0 saturated carbocycles. The Balaban J connectivity index is 1.73. The number of aliphatic carboxylic acids is 1. The first-order valence-electron chi connectivity index (χ1n) is 19.9. The first-order valence-corrected chi connectivity index (χ1v) is 19.9. The Morgan fingerprint density at radius 2 is 1.29 bits per heavy atom. The highest BCUT2D eigenvalue weighted by Crippen LogP contribution is 2.21. The van der Waals surface area contributed by atoms with Crippen LogP contribution < -0.4 is 16.0 Å². The molecule has 3 aliphatic heterocycles. The fourth-order valence-electron chi connectivity index (χ4n) is 7.33. The van der Waals surface area contributed by atoms with Crippen LogP contribution in [-0.4, -0.2) is 190 Å². The SMILES string of the molecule is CC(C)(C)CN1CCCNCCNCC(OC(=O)C(CCC(=O)C(C)(C)C)N2CCCN3CCN(CCCN(CC(=O)O)CC3)CC2)CNCC1. The van der Waals surface area contributed by atoms with Crippen molar-refractivity contribution in [2.24, 2.45) is 10.8 Å². The number of ether oxygens (including phenoxy) is 1. The van der Waals surface area contributed by atoms with E-state index in [2.05, 4.69) is 61.2 Å². The van der Waals surface area contributed by atoms with Gasteiger partial charge in [-0.1, -0.05) is 41.5 Å². The molecule has 13 heteroatoms. The van der Waals surface area contributed by atoms with Gasteiger partial charge in [0.2, 0.25) is 0 Å². The third-order valence-corrected chi connectivity index (χ3v) is 10.2. The number of Topliss-reactive ketones (excluding diaryl/α,β-unsaturated/α-hetero) is 1. The van der Waals surface area contributed by atoms with Gasteiger partial charge < -0.3 is 40.5 Å². The first-order chi connectivity index (χ1) is 24.2.